The molecule has 0 aliphatic rings. The molecule has 0 aliphatic heterocycles. The maximum Gasteiger partial charge on any atom is 0.230 e. The molecule has 1 unspecified atom stereocenters. The normalized spacial score (nSPS) is 12.4. The fraction of sp³-hybridized carbons (Fsp3) is 0.250. The van der Waals surface area contributed by atoms with E-state index in [9.17, 15) is 4.79 Å². The van der Waals surface area contributed by atoms with E-state index >= 15 is 0 Å². The van der Waals surface area contributed by atoms with E-state index < -0.39 is 5.41 Å². The highest BCUT2D eigenvalue weighted by Crippen LogP contribution is 2.40. The Bertz CT molecular complexity index is 1240. The molecule has 0 saturated heterocycles. The van der Waals surface area contributed by atoms with E-state index in [1.165, 1.54) is 0 Å². The second kappa shape index (κ2) is 9.41. The lowest BCUT2D eigenvalue weighted by Crippen LogP contribution is -2.41. The molecule has 1 amide bonds. The van der Waals surface area contributed by atoms with E-state index in [1.807, 2.05) is 80.7 Å². The molecule has 0 radical (unpaired) electrons. The highest BCUT2D eigenvalue weighted by atomic mass is 16.5. The number of aromatic nitrogens is 1. The number of ether oxygens (including phenoxy) is 2. The van der Waals surface area contributed by atoms with Crippen molar-refractivity contribution in [3.8, 4) is 11.5 Å². The number of nitrogens with one attached hydrogen (secondary N) is 2. The van der Waals surface area contributed by atoms with Crippen LogP contribution in [0.25, 0.3) is 10.9 Å². The van der Waals surface area contributed by atoms with Crippen LogP contribution >= 0.6 is 0 Å². The molecule has 1 heterocycles. The minimum atomic E-state index is -0.662. The Balaban J connectivity index is 1.73. The largest absolute Gasteiger partial charge is 0.493 e. The van der Waals surface area contributed by atoms with Gasteiger partial charge >= 0.3 is 0 Å². The Labute approximate surface area is 194 Å². The van der Waals surface area contributed by atoms with Crippen molar-refractivity contribution in [1.82, 2.24) is 10.3 Å². The molecular formula is C28H30N2O3. The van der Waals surface area contributed by atoms with Gasteiger partial charge in [-0.05, 0) is 37.1 Å². The molecule has 5 heteroatoms. The molecule has 0 aliphatic carbocycles. The molecule has 4 aromatic rings. The van der Waals surface area contributed by atoms with E-state index in [2.05, 4.69) is 22.4 Å². The van der Waals surface area contributed by atoms with Crippen LogP contribution in [0.3, 0.4) is 0 Å². The number of para-hydroxylation sites is 2. The van der Waals surface area contributed by atoms with E-state index in [0.717, 1.165) is 27.6 Å². The number of carbonyl (C=O) groups is 1. The summed E-state index contributed by atoms with van der Waals surface area (Å²) in [5.41, 5.74) is 3.42. The number of hydrogen-bond acceptors (Lipinski definition) is 3. The monoisotopic (exact) mass is 442 g/mol. The zero-order valence-electron chi connectivity index (χ0n) is 19.5. The molecule has 0 bridgehead atoms. The SMILES string of the molecule is COc1cccc(C(CNC(=O)C(C)(C)c2ccccc2)c2c[nH]c3ccccc23)c1OC. The Morgan fingerprint density at radius 1 is 0.909 bits per heavy atom. The van der Waals surface area contributed by atoms with Crippen LogP contribution in [0.5, 0.6) is 11.5 Å². The standard InChI is InChI=1S/C28H30N2O3/c1-28(2,19-11-6-5-7-12-19)27(31)30-18-23(21-14-10-16-25(32-3)26(21)33-4)22-17-29-24-15-9-8-13-20(22)24/h5-17,23,29H,18H2,1-4H3,(H,30,31). The summed E-state index contributed by atoms with van der Waals surface area (Å²) in [6, 6.07) is 23.9. The van der Waals surface area contributed by atoms with Crippen LogP contribution in [-0.2, 0) is 10.2 Å². The Hall–Kier alpha value is -3.73. The molecule has 2 N–H and O–H groups in total. The molecule has 1 aromatic heterocycles. The first kappa shape index (κ1) is 22.5. The van der Waals surface area contributed by atoms with Gasteiger partial charge in [0, 0.05) is 35.1 Å². The number of carbonyl (C=O) groups excluding carboxylic acids is 1. The second-order valence-corrected chi connectivity index (χ2v) is 8.63. The van der Waals surface area contributed by atoms with Gasteiger partial charge in [-0.2, -0.15) is 0 Å². The molecule has 0 saturated carbocycles. The molecule has 0 fully saturated rings. The van der Waals surface area contributed by atoms with Crippen LogP contribution in [0.4, 0.5) is 0 Å². The van der Waals surface area contributed by atoms with E-state index in [0.29, 0.717) is 18.0 Å². The molecule has 1 atom stereocenters. The molecule has 3 aromatic carbocycles. The van der Waals surface area contributed by atoms with Gasteiger partial charge in [0.1, 0.15) is 0 Å². The number of methoxy groups -OCH3 is 2. The van der Waals surface area contributed by atoms with Gasteiger partial charge in [0.25, 0.3) is 0 Å². The van der Waals surface area contributed by atoms with Crippen molar-refractivity contribution in [1.29, 1.82) is 0 Å². The summed E-state index contributed by atoms with van der Waals surface area (Å²) in [5, 5.41) is 4.33. The van der Waals surface area contributed by atoms with E-state index in [4.69, 9.17) is 9.47 Å². The summed E-state index contributed by atoms with van der Waals surface area (Å²) < 4.78 is 11.3. The van der Waals surface area contributed by atoms with Gasteiger partial charge in [0.05, 0.1) is 19.6 Å². The highest BCUT2D eigenvalue weighted by Gasteiger charge is 2.31. The van der Waals surface area contributed by atoms with Crippen LogP contribution in [0.1, 0.15) is 36.5 Å². The van der Waals surface area contributed by atoms with Crippen LogP contribution in [0.15, 0.2) is 79.0 Å². The Morgan fingerprint density at radius 3 is 2.36 bits per heavy atom. The zero-order chi connectivity index (χ0) is 23.4. The van der Waals surface area contributed by atoms with E-state index in [1.54, 1.807) is 14.2 Å². The average Bonchev–Trinajstić information content (AvgIpc) is 3.28. The van der Waals surface area contributed by atoms with Gasteiger partial charge in [0.15, 0.2) is 11.5 Å². The van der Waals surface area contributed by atoms with Crippen LogP contribution in [-0.4, -0.2) is 31.7 Å². The molecule has 0 spiro atoms. The molecular weight excluding hydrogens is 412 g/mol. The number of fused-ring (bicyclic) bond motifs is 1. The van der Waals surface area contributed by atoms with Gasteiger partial charge in [-0.15, -0.1) is 0 Å². The number of aromatic amines is 1. The fourth-order valence-corrected chi connectivity index (χ4v) is 4.36. The summed E-state index contributed by atoms with van der Waals surface area (Å²) in [7, 11) is 3.28. The lowest BCUT2D eigenvalue weighted by Gasteiger charge is -2.27. The fourth-order valence-electron chi connectivity index (χ4n) is 4.36. The van der Waals surface area contributed by atoms with Gasteiger partial charge in [-0.25, -0.2) is 0 Å². The van der Waals surface area contributed by atoms with Crippen molar-refractivity contribution < 1.29 is 14.3 Å². The third kappa shape index (κ3) is 4.31. The van der Waals surface area contributed by atoms with Gasteiger partial charge in [0.2, 0.25) is 5.91 Å². The maximum absolute atomic E-state index is 13.3. The number of hydrogen-bond donors (Lipinski definition) is 2. The summed E-state index contributed by atoms with van der Waals surface area (Å²) in [6.07, 6.45) is 2.02. The van der Waals surface area contributed by atoms with E-state index in [-0.39, 0.29) is 11.8 Å². The summed E-state index contributed by atoms with van der Waals surface area (Å²) in [4.78, 5) is 16.7. The number of rotatable bonds is 8. The molecule has 33 heavy (non-hydrogen) atoms. The predicted octanol–water partition coefficient (Wildman–Crippen LogP) is 5.41. The number of amides is 1. The lowest BCUT2D eigenvalue weighted by molar-refractivity contribution is -0.125. The summed E-state index contributed by atoms with van der Waals surface area (Å²) in [5.74, 6) is 1.17. The van der Waals surface area contributed by atoms with Crippen molar-refractivity contribution in [3.05, 3.63) is 95.7 Å². The van der Waals surface area contributed by atoms with Crippen LogP contribution in [0.2, 0.25) is 0 Å². The minimum absolute atomic E-state index is 0.0274. The second-order valence-electron chi connectivity index (χ2n) is 8.63. The molecule has 170 valence electrons. The smallest absolute Gasteiger partial charge is 0.230 e. The number of H-pyrrole nitrogens is 1. The molecule has 5 nitrogen and oxygen atoms in total. The number of benzene rings is 3. The van der Waals surface area contributed by atoms with Crippen molar-refractivity contribution in [2.45, 2.75) is 25.2 Å². The summed E-state index contributed by atoms with van der Waals surface area (Å²) >= 11 is 0. The first-order valence-electron chi connectivity index (χ1n) is 11.1. The third-order valence-corrected chi connectivity index (χ3v) is 6.34. The topological polar surface area (TPSA) is 63.3 Å². The van der Waals surface area contributed by atoms with Crippen molar-refractivity contribution in [2.24, 2.45) is 0 Å². The predicted molar refractivity (Wildman–Crippen MR) is 132 cm³/mol. The first-order chi connectivity index (χ1) is 16.0. The van der Waals surface area contributed by atoms with Gasteiger partial charge in [-0.3, -0.25) is 4.79 Å². The quantitative estimate of drug-likeness (QED) is 0.383. The Morgan fingerprint density at radius 2 is 1.64 bits per heavy atom. The maximum atomic E-state index is 13.3. The van der Waals surface area contributed by atoms with Crippen LogP contribution in [0, 0.1) is 0 Å². The van der Waals surface area contributed by atoms with Gasteiger partial charge in [-0.1, -0.05) is 60.7 Å². The summed E-state index contributed by atoms with van der Waals surface area (Å²) in [6.45, 7) is 4.31. The third-order valence-electron chi connectivity index (χ3n) is 6.34. The van der Waals surface area contributed by atoms with Crippen molar-refractivity contribution >= 4 is 16.8 Å². The lowest BCUT2D eigenvalue weighted by atomic mass is 9.83. The average molecular weight is 443 g/mol. The van der Waals surface area contributed by atoms with Crippen molar-refractivity contribution in [2.75, 3.05) is 20.8 Å². The van der Waals surface area contributed by atoms with Gasteiger partial charge < -0.3 is 19.8 Å². The minimum Gasteiger partial charge on any atom is -0.493 e. The Kier molecular flexibility index (Phi) is 6.40. The highest BCUT2D eigenvalue weighted by molar-refractivity contribution is 5.88. The van der Waals surface area contributed by atoms with Crippen LogP contribution < -0.4 is 14.8 Å². The zero-order valence-corrected chi connectivity index (χ0v) is 19.5. The first-order valence-corrected chi connectivity index (χ1v) is 11.1. The molecule has 4 rings (SSSR count). The van der Waals surface area contributed by atoms with Crippen molar-refractivity contribution in [3.63, 3.8) is 0 Å².